The van der Waals surface area contributed by atoms with Crippen LogP contribution >= 0.6 is 11.3 Å². The summed E-state index contributed by atoms with van der Waals surface area (Å²) in [7, 11) is 3.09. The van der Waals surface area contributed by atoms with Crippen molar-refractivity contribution in [1.29, 1.82) is 0 Å². The Balaban J connectivity index is 1.73. The van der Waals surface area contributed by atoms with E-state index in [2.05, 4.69) is 10.3 Å². The van der Waals surface area contributed by atoms with Crippen molar-refractivity contribution >= 4 is 33.1 Å². The summed E-state index contributed by atoms with van der Waals surface area (Å²) in [6, 6.07) is 5.14. The molecule has 0 aliphatic heterocycles. The van der Waals surface area contributed by atoms with Gasteiger partial charge in [0.1, 0.15) is 16.3 Å². The van der Waals surface area contributed by atoms with Crippen LogP contribution in [0.15, 0.2) is 29.3 Å². The lowest BCUT2D eigenvalue weighted by Crippen LogP contribution is -2.23. The monoisotopic (exact) mass is 387 g/mol. The van der Waals surface area contributed by atoms with E-state index in [0.29, 0.717) is 22.6 Å². The van der Waals surface area contributed by atoms with E-state index < -0.39 is 0 Å². The molecule has 0 fully saturated rings. The Morgan fingerprint density at radius 1 is 1.19 bits per heavy atom. The molecule has 0 atom stereocenters. The predicted octanol–water partition coefficient (Wildman–Crippen LogP) is 3.12. The Kier molecular flexibility index (Phi) is 5.46. The Hall–Kier alpha value is -2.87. The molecule has 3 rings (SSSR count). The summed E-state index contributed by atoms with van der Waals surface area (Å²) in [5, 5.41) is 3.44. The van der Waals surface area contributed by atoms with E-state index in [9.17, 15) is 9.59 Å². The van der Waals surface area contributed by atoms with Gasteiger partial charge in [-0.3, -0.25) is 14.2 Å². The largest absolute Gasteiger partial charge is 0.497 e. The molecule has 3 aromatic rings. The average molecular weight is 387 g/mol. The number of carbonyl (C=O) groups excluding carboxylic acids is 1. The second kappa shape index (κ2) is 7.79. The molecular formula is C19H21N3O4S. The molecule has 0 saturated carbocycles. The van der Waals surface area contributed by atoms with Crippen molar-refractivity contribution in [2.24, 2.45) is 0 Å². The van der Waals surface area contributed by atoms with E-state index in [1.807, 2.05) is 13.8 Å². The summed E-state index contributed by atoms with van der Waals surface area (Å²) in [4.78, 5) is 31.1. The second-order valence-electron chi connectivity index (χ2n) is 6.11. The van der Waals surface area contributed by atoms with Crippen LogP contribution < -0.4 is 20.3 Å². The number of carbonyl (C=O) groups is 1. The maximum absolute atomic E-state index is 12.7. The first-order chi connectivity index (χ1) is 12.9. The highest BCUT2D eigenvalue weighted by molar-refractivity contribution is 7.18. The number of hydrogen-bond donors (Lipinski definition) is 1. The normalized spacial score (nSPS) is 10.8. The van der Waals surface area contributed by atoms with Gasteiger partial charge in [-0.2, -0.15) is 0 Å². The van der Waals surface area contributed by atoms with Crippen molar-refractivity contribution in [2.45, 2.75) is 26.8 Å². The van der Waals surface area contributed by atoms with Gasteiger partial charge in [-0.1, -0.05) is 0 Å². The van der Waals surface area contributed by atoms with Crippen LogP contribution in [0.5, 0.6) is 11.5 Å². The van der Waals surface area contributed by atoms with Gasteiger partial charge in [0.15, 0.2) is 0 Å². The Bertz CT molecular complexity index is 1030. The smallest absolute Gasteiger partial charge is 0.262 e. The van der Waals surface area contributed by atoms with Crippen LogP contribution in [0.4, 0.5) is 5.69 Å². The predicted molar refractivity (Wildman–Crippen MR) is 106 cm³/mol. The molecule has 7 nitrogen and oxygen atoms in total. The number of benzene rings is 1. The van der Waals surface area contributed by atoms with Crippen LogP contribution in [0.25, 0.3) is 10.2 Å². The molecule has 1 N–H and O–H groups in total. The summed E-state index contributed by atoms with van der Waals surface area (Å²) in [6.07, 6.45) is 1.65. The van der Waals surface area contributed by atoms with Crippen molar-refractivity contribution in [3.05, 3.63) is 45.3 Å². The summed E-state index contributed by atoms with van der Waals surface area (Å²) in [5.41, 5.74) is 1.41. The number of nitrogens with one attached hydrogen (secondary N) is 1. The molecule has 27 heavy (non-hydrogen) atoms. The number of amides is 1. The van der Waals surface area contributed by atoms with Crippen molar-refractivity contribution in [1.82, 2.24) is 9.55 Å². The van der Waals surface area contributed by atoms with E-state index in [1.165, 1.54) is 22.2 Å². The van der Waals surface area contributed by atoms with Gasteiger partial charge < -0.3 is 14.8 Å². The zero-order valence-corrected chi connectivity index (χ0v) is 16.5. The minimum Gasteiger partial charge on any atom is -0.497 e. The molecule has 0 saturated heterocycles. The molecule has 142 valence electrons. The van der Waals surface area contributed by atoms with Gasteiger partial charge in [-0.15, -0.1) is 11.3 Å². The average Bonchev–Trinajstić information content (AvgIpc) is 2.95. The van der Waals surface area contributed by atoms with Crippen molar-refractivity contribution in [3.8, 4) is 11.5 Å². The first-order valence-electron chi connectivity index (χ1n) is 8.41. The lowest BCUT2D eigenvalue weighted by molar-refractivity contribution is -0.116. The summed E-state index contributed by atoms with van der Waals surface area (Å²) >= 11 is 1.51. The lowest BCUT2D eigenvalue weighted by Gasteiger charge is -2.10. The quantitative estimate of drug-likeness (QED) is 0.703. The van der Waals surface area contributed by atoms with Gasteiger partial charge in [0, 0.05) is 41.7 Å². The molecule has 0 spiro atoms. The van der Waals surface area contributed by atoms with Crippen LogP contribution in [0.2, 0.25) is 0 Å². The van der Waals surface area contributed by atoms with Crippen LogP contribution in [0.3, 0.4) is 0 Å². The van der Waals surface area contributed by atoms with Gasteiger partial charge in [0.2, 0.25) is 5.91 Å². The van der Waals surface area contributed by atoms with E-state index in [-0.39, 0.29) is 24.4 Å². The maximum atomic E-state index is 12.7. The molecule has 0 radical (unpaired) electrons. The molecule has 1 amide bonds. The van der Waals surface area contributed by atoms with Crippen LogP contribution in [0.1, 0.15) is 16.9 Å². The molecule has 8 heteroatoms. The van der Waals surface area contributed by atoms with Crippen LogP contribution in [-0.2, 0) is 11.3 Å². The third-order valence-electron chi connectivity index (χ3n) is 4.37. The number of rotatable bonds is 6. The SMILES string of the molecule is COc1cc(NC(=O)CCn2cnc3sc(C)c(C)c3c2=O)cc(OC)c1. The van der Waals surface area contributed by atoms with Crippen LogP contribution in [0, 0.1) is 13.8 Å². The third-order valence-corrected chi connectivity index (χ3v) is 5.49. The van der Waals surface area contributed by atoms with Gasteiger partial charge in [0.25, 0.3) is 5.56 Å². The standard InChI is InChI=1S/C19H21N3O4S/c1-11-12(2)27-18-17(11)19(24)22(10-20-18)6-5-16(23)21-13-7-14(25-3)9-15(8-13)26-4/h7-10H,5-6H2,1-4H3,(H,21,23). The highest BCUT2D eigenvalue weighted by atomic mass is 32.1. The van der Waals surface area contributed by atoms with Crippen molar-refractivity contribution < 1.29 is 14.3 Å². The van der Waals surface area contributed by atoms with E-state index in [1.54, 1.807) is 32.4 Å². The van der Waals surface area contributed by atoms with Gasteiger partial charge in [0.05, 0.1) is 25.9 Å². The second-order valence-corrected chi connectivity index (χ2v) is 7.31. The fourth-order valence-electron chi connectivity index (χ4n) is 2.75. The van der Waals surface area contributed by atoms with Crippen LogP contribution in [-0.4, -0.2) is 29.7 Å². The fraction of sp³-hybridized carbons (Fsp3) is 0.316. The number of anilines is 1. The molecule has 2 heterocycles. The molecular weight excluding hydrogens is 366 g/mol. The summed E-state index contributed by atoms with van der Waals surface area (Å²) in [6.45, 7) is 4.15. The number of aromatic nitrogens is 2. The Morgan fingerprint density at radius 3 is 2.48 bits per heavy atom. The van der Waals surface area contributed by atoms with Gasteiger partial charge in [-0.25, -0.2) is 4.98 Å². The number of ether oxygens (including phenoxy) is 2. The summed E-state index contributed by atoms with van der Waals surface area (Å²) < 4.78 is 11.9. The molecule has 2 aromatic heterocycles. The van der Waals surface area contributed by atoms with Gasteiger partial charge in [-0.05, 0) is 19.4 Å². The number of fused-ring (bicyclic) bond motifs is 1. The molecule has 0 aliphatic carbocycles. The summed E-state index contributed by atoms with van der Waals surface area (Å²) in [5.74, 6) is 0.952. The molecule has 1 aromatic carbocycles. The third kappa shape index (κ3) is 3.95. The Labute approximate surface area is 160 Å². The highest BCUT2D eigenvalue weighted by Gasteiger charge is 2.13. The molecule has 0 aliphatic rings. The maximum Gasteiger partial charge on any atom is 0.262 e. The number of methoxy groups -OCH3 is 2. The first-order valence-corrected chi connectivity index (χ1v) is 9.22. The zero-order chi connectivity index (χ0) is 19.6. The number of hydrogen-bond acceptors (Lipinski definition) is 6. The highest BCUT2D eigenvalue weighted by Crippen LogP contribution is 2.26. The fourth-order valence-corrected chi connectivity index (χ4v) is 3.74. The minimum absolute atomic E-state index is 0.113. The Morgan fingerprint density at radius 2 is 1.85 bits per heavy atom. The lowest BCUT2D eigenvalue weighted by atomic mass is 10.2. The topological polar surface area (TPSA) is 82.5 Å². The minimum atomic E-state index is -0.212. The van der Waals surface area contributed by atoms with E-state index in [0.717, 1.165) is 15.3 Å². The van der Waals surface area contributed by atoms with E-state index in [4.69, 9.17) is 9.47 Å². The van der Waals surface area contributed by atoms with E-state index >= 15 is 0 Å². The number of nitrogens with zero attached hydrogens (tertiary/aromatic N) is 2. The molecule has 0 unspecified atom stereocenters. The van der Waals surface area contributed by atoms with Crippen molar-refractivity contribution in [2.75, 3.05) is 19.5 Å². The zero-order valence-electron chi connectivity index (χ0n) is 15.7. The molecule has 0 bridgehead atoms. The number of aryl methyl sites for hydroxylation is 3. The first kappa shape index (κ1) is 18.9. The number of thiophene rings is 1. The van der Waals surface area contributed by atoms with Gasteiger partial charge >= 0.3 is 0 Å². The van der Waals surface area contributed by atoms with Crippen molar-refractivity contribution in [3.63, 3.8) is 0 Å².